The first kappa shape index (κ1) is 41.8. The maximum Gasteiger partial charge on any atom is 0.375 e. The molecule has 1 aliphatic heterocycles. The second-order valence-electron chi connectivity index (χ2n) is 11.7. The Bertz CT molecular complexity index is 1910. The molecule has 2 N–H and O–H groups in total. The number of halogens is 2. The third-order valence-corrected chi connectivity index (χ3v) is 9.98. The van der Waals surface area contributed by atoms with E-state index in [1.807, 2.05) is 54.3 Å². The van der Waals surface area contributed by atoms with Crippen LogP contribution in [0.5, 0.6) is 0 Å². The number of Topliss-reactive ketones (excluding diaryl/α,β-unsaturated/α-hetero) is 1. The van der Waals surface area contributed by atoms with Crippen molar-refractivity contribution in [1.82, 2.24) is 0 Å². The molecule has 0 radical (unpaired) electrons. The molecule has 0 amide bonds. The number of alkyl halides is 1. The Labute approximate surface area is 333 Å². The van der Waals surface area contributed by atoms with Gasteiger partial charge in [0.2, 0.25) is 5.58 Å². The van der Waals surface area contributed by atoms with Gasteiger partial charge in [0.05, 0.1) is 57.1 Å². The lowest BCUT2D eigenvalue weighted by Gasteiger charge is -2.28. The first-order valence-electron chi connectivity index (χ1n) is 16.9. The molecule has 2 aliphatic rings. The number of aromatic nitrogens is 1. The second kappa shape index (κ2) is 20.5. The number of hydrogen-bond donors (Lipinski definition) is 2. The van der Waals surface area contributed by atoms with Gasteiger partial charge in [-0.2, -0.15) is 4.57 Å². The Morgan fingerprint density at radius 2 is 1.65 bits per heavy atom. The molecule has 2 heterocycles. The number of ether oxygens (including phenoxy) is 2. The van der Waals surface area contributed by atoms with Crippen molar-refractivity contribution < 1.29 is 33.5 Å². The molecule has 0 unspecified atom stereocenters. The lowest BCUT2D eigenvalue weighted by molar-refractivity contribution is -0.669. The van der Waals surface area contributed by atoms with Crippen LogP contribution in [-0.2, 0) is 20.8 Å². The summed E-state index contributed by atoms with van der Waals surface area (Å²) in [6.07, 6.45) is 3.86. The maximum atomic E-state index is 14.2. The Morgan fingerprint density at radius 1 is 0.923 bits per heavy atom. The normalized spacial score (nSPS) is 15.2. The lowest BCUT2D eigenvalue weighted by Crippen LogP contribution is -2.36. The van der Waals surface area contributed by atoms with E-state index in [9.17, 15) is 15.0 Å². The van der Waals surface area contributed by atoms with Gasteiger partial charge in [0, 0.05) is 51.0 Å². The Hall–Kier alpha value is -2.98. The minimum absolute atomic E-state index is 0. The number of oxazole rings is 1. The molecule has 278 valence electrons. The molecule has 9 nitrogen and oxygen atoms in total. The van der Waals surface area contributed by atoms with Gasteiger partial charge in [-0.1, -0.05) is 82.3 Å². The Kier molecular flexibility index (Phi) is 16.4. The summed E-state index contributed by atoms with van der Waals surface area (Å²) in [6, 6.07) is 22.5. The van der Waals surface area contributed by atoms with Crippen LogP contribution in [-0.4, -0.2) is 79.4 Å². The zero-order valence-corrected chi connectivity index (χ0v) is 33.7. The molecule has 1 aliphatic carbocycles. The van der Waals surface area contributed by atoms with E-state index in [0.717, 1.165) is 48.8 Å². The topological polar surface area (TPSA) is 99.5 Å². The van der Waals surface area contributed by atoms with Gasteiger partial charge in [-0.15, -0.1) is 11.8 Å². The van der Waals surface area contributed by atoms with Gasteiger partial charge in [-0.25, -0.2) is 0 Å². The highest BCUT2D eigenvalue weighted by Gasteiger charge is 2.38. The van der Waals surface area contributed by atoms with Crippen molar-refractivity contribution in [3.05, 3.63) is 116 Å². The number of ketones is 1. The predicted octanol–water partition coefficient (Wildman–Crippen LogP) is 7.69. The highest BCUT2D eigenvalue weighted by atomic mass is 127. The molecule has 1 aromatic heterocycles. The number of benzene rings is 3. The number of aliphatic hydroxyl groups is 2. The van der Waals surface area contributed by atoms with Crippen LogP contribution in [0.2, 0.25) is 0 Å². The largest absolute Gasteiger partial charge is 0.398 e. The van der Waals surface area contributed by atoms with Crippen molar-refractivity contribution in [2.45, 2.75) is 27.8 Å². The van der Waals surface area contributed by atoms with Crippen LogP contribution >= 0.6 is 50.3 Å². The molecule has 0 bridgehead atoms. The number of hydrogen-bond acceptors (Lipinski definition) is 9. The fourth-order valence-corrected chi connectivity index (χ4v) is 7.47. The predicted molar refractivity (Wildman–Crippen MR) is 224 cm³/mol. The molecule has 0 atom stereocenters. The van der Waals surface area contributed by atoms with Gasteiger partial charge < -0.3 is 33.9 Å². The number of anilines is 2. The number of rotatable bonds is 16. The number of fused-ring (bicyclic) bond motifs is 2. The maximum absolute atomic E-state index is 14.2. The van der Waals surface area contributed by atoms with Crippen LogP contribution in [0, 0.1) is 6.92 Å². The first-order chi connectivity index (χ1) is 24.9. The zero-order valence-electron chi connectivity index (χ0n) is 29.1. The quantitative estimate of drug-likeness (QED) is 0.0386. The van der Waals surface area contributed by atoms with E-state index in [2.05, 4.69) is 96.2 Å². The molecular weight excluding hydrogens is 857 g/mol. The summed E-state index contributed by atoms with van der Waals surface area (Å²) in [6.45, 7) is 7.28. The number of carbonyl (C=O) groups is 1. The summed E-state index contributed by atoms with van der Waals surface area (Å²) in [5.41, 5.74) is 7.23. The monoisotopic (exact) mass is 904 g/mol. The molecule has 0 fully saturated rings. The van der Waals surface area contributed by atoms with Gasteiger partial charge in [0.15, 0.2) is 12.3 Å². The number of nitrogens with zero attached hydrogens (tertiary/aromatic N) is 3. The fraction of sp³-hybridized carbons (Fsp3) is 0.350. The number of allylic oxidation sites excluding steroid dienone is 3. The summed E-state index contributed by atoms with van der Waals surface area (Å²) in [5, 5.41) is 18.4. The summed E-state index contributed by atoms with van der Waals surface area (Å²) >= 11 is 7.35. The average Bonchev–Trinajstić information content (AvgIpc) is 3.63. The molecule has 0 saturated carbocycles. The summed E-state index contributed by atoms with van der Waals surface area (Å²) in [5.74, 6) is 2.04. The van der Waals surface area contributed by atoms with Gasteiger partial charge in [0.1, 0.15) is 5.82 Å². The van der Waals surface area contributed by atoms with Crippen LogP contribution in [0.4, 0.5) is 11.4 Å². The molecule has 3 aromatic carbocycles. The minimum Gasteiger partial charge on any atom is -0.398 e. The fourth-order valence-electron chi connectivity index (χ4n) is 6.10. The molecule has 52 heavy (non-hydrogen) atoms. The first-order valence-corrected chi connectivity index (χ1v) is 20.8. The zero-order chi connectivity index (χ0) is 36.3. The number of carbonyl (C=O) groups excluding carboxylic acids is 1. The average molecular weight is 906 g/mol. The van der Waals surface area contributed by atoms with E-state index < -0.39 is 0 Å². The van der Waals surface area contributed by atoms with Crippen LogP contribution < -0.4 is 14.4 Å². The van der Waals surface area contributed by atoms with E-state index in [-0.39, 0.29) is 39.6 Å². The van der Waals surface area contributed by atoms with E-state index in [4.69, 9.17) is 13.9 Å². The van der Waals surface area contributed by atoms with E-state index >= 15 is 0 Å². The second-order valence-corrected chi connectivity index (χ2v) is 13.7. The van der Waals surface area contributed by atoms with Crippen LogP contribution in [0.3, 0.4) is 0 Å². The third kappa shape index (κ3) is 9.57. The van der Waals surface area contributed by atoms with Crippen LogP contribution in [0.25, 0.3) is 17.2 Å². The highest BCUT2D eigenvalue weighted by Crippen LogP contribution is 2.46. The highest BCUT2D eigenvalue weighted by molar-refractivity contribution is 14.1. The van der Waals surface area contributed by atoms with Crippen molar-refractivity contribution in [1.29, 1.82) is 0 Å². The third-order valence-electron chi connectivity index (χ3n) is 8.38. The molecular formula is C40H48BrIN3O6S+. The van der Waals surface area contributed by atoms with Gasteiger partial charge in [-0.3, -0.25) is 4.79 Å². The molecule has 0 saturated heterocycles. The van der Waals surface area contributed by atoms with Gasteiger partial charge in [0.25, 0.3) is 5.52 Å². The van der Waals surface area contributed by atoms with Crippen molar-refractivity contribution in [2.24, 2.45) is 0 Å². The standard InChI is InChI=1S/C38H41BrN3O6S.CH3I.CH4/c1-3-40-33-22-28(39)10-12-31(33)41(13-16-46-17-14-43)35(40)23-29-37(45)30(38(29)49-20-19-47-18-15-44)24-36-42(25-27-7-5-4-6-8-27)32-11-9-26(2)21-34(32)48-36;1-2;/h4-12,21-24,43-44H,3,13-20,25H2,1-2H3;1H3;1H4/q+1;;. The van der Waals surface area contributed by atoms with Crippen molar-refractivity contribution in [2.75, 3.05) is 73.2 Å². The number of aliphatic hydroxyl groups excluding tert-OH is 2. The SMILES string of the molecule is C.CCN1C(=CC2=C(SCCOCCO)C(=Cc3oc4cc(C)ccc4[n+]3Cc3ccccc3)C2=O)N(CCOCCO)c2ccc(Br)cc21.CI. The smallest absolute Gasteiger partial charge is 0.375 e. The number of thioether (sulfide) groups is 1. The van der Waals surface area contributed by atoms with Gasteiger partial charge >= 0.3 is 5.89 Å². The molecule has 4 aromatic rings. The van der Waals surface area contributed by atoms with Crippen molar-refractivity contribution in [3.8, 4) is 0 Å². The van der Waals surface area contributed by atoms with Crippen molar-refractivity contribution in [3.63, 3.8) is 0 Å². The van der Waals surface area contributed by atoms with Crippen LogP contribution in [0.1, 0.15) is 31.4 Å². The Morgan fingerprint density at radius 3 is 2.37 bits per heavy atom. The Balaban J connectivity index is 0.00000198. The minimum atomic E-state index is -0.0566. The summed E-state index contributed by atoms with van der Waals surface area (Å²) in [4.78, 5) is 21.4. The van der Waals surface area contributed by atoms with Gasteiger partial charge in [-0.05, 0) is 54.7 Å². The van der Waals surface area contributed by atoms with E-state index in [1.165, 1.54) is 0 Å². The van der Waals surface area contributed by atoms with Crippen LogP contribution in [0.15, 0.2) is 104 Å². The summed E-state index contributed by atoms with van der Waals surface area (Å²) < 4.78 is 20.7. The number of aryl methyl sites for hydroxylation is 1. The molecule has 0 spiro atoms. The lowest BCUT2D eigenvalue weighted by atomic mass is 9.89. The van der Waals surface area contributed by atoms with Crippen molar-refractivity contribution >= 4 is 84.6 Å². The van der Waals surface area contributed by atoms with E-state index in [0.29, 0.717) is 55.6 Å². The molecule has 6 rings (SSSR count). The van der Waals surface area contributed by atoms with E-state index in [1.54, 1.807) is 11.8 Å². The molecule has 12 heteroatoms. The summed E-state index contributed by atoms with van der Waals surface area (Å²) in [7, 11) is 0.